The monoisotopic (exact) mass is 351 g/mol. The molecule has 1 fully saturated rings. The van der Waals surface area contributed by atoms with E-state index in [1.54, 1.807) is 29.2 Å². The zero-order valence-electron chi connectivity index (χ0n) is 14.7. The van der Waals surface area contributed by atoms with Gasteiger partial charge in [-0.2, -0.15) is 0 Å². The molecular formula is C20H21N3O3. The summed E-state index contributed by atoms with van der Waals surface area (Å²) in [5.41, 5.74) is 1.66. The molecule has 26 heavy (non-hydrogen) atoms. The Morgan fingerprint density at radius 3 is 2.23 bits per heavy atom. The Balaban J connectivity index is 1.68. The fraction of sp³-hybridized carbons (Fsp3) is 0.250. The van der Waals surface area contributed by atoms with Crippen LogP contribution >= 0.6 is 0 Å². The number of rotatable bonds is 6. The van der Waals surface area contributed by atoms with Crippen molar-refractivity contribution < 1.29 is 14.4 Å². The summed E-state index contributed by atoms with van der Waals surface area (Å²) in [7, 11) is 0. The summed E-state index contributed by atoms with van der Waals surface area (Å²) in [4.78, 5) is 41.5. The second-order valence-corrected chi connectivity index (χ2v) is 6.08. The molecule has 0 unspecified atom stereocenters. The third-order valence-electron chi connectivity index (χ3n) is 4.37. The van der Waals surface area contributed by atoms with Crippen molar-refractivity contribution in [3.05, 3.63) is 66.2 Å². The van der Waals surface area contributed by atoms with E-state index < -0.39 is 6.03 Å². The van der Waals surface area contributed by atoms with E-state index in [1.165, 1.54) is 4.90 Å². The molecule has 0 aliphatic carbocycles. The van der Waals surface area contributed by atoms with E-state index in [1.807, 2.05) is 43.3 Å². The molecule has 0 N–H and O–H groups in total. The maximum Gasteiger partial charge on any atom is 0.332 e. The zero-order valence-corrected chi connectivity index (χ0v) is 14.7. The van der Waals surface area contributed by atoms with E-state index in [9.17, 15) is 14.4 Å². The number of anilines is 1. The third-order valence-corrected chi connectivity index (χ3v) is 4.37. The van der Waals surface area contributed by atoms with Gasteiger partial charge in [0.2, 0.25) is 5.91 Å². The van der Waals surface area contributed by atoms with Crippen molar-refractivity contribution in [2.45, 2.75) is 13.5 Å². The molecule has 1 aliphatic rings. The number of imide groups is 1. The molecule has 1 aliphatic heterocycles. The number of hydrogen-bond donors (Lipinski definition) is 0. The number of urea groups is 1. The second-order valence-electron chi connectivity index (χ2n) is 6.08. The van der Waals surface area contributed by atoms with Crippen LogP contribution in [0.2, 0.25) is 0 Å². The standard InChI is InChI=1S/C20H21N3O3/c1-2-21(13-16-9-5-3-6-10-16)18(24)14-23-19(25)15-22(20(23)26)17-11-7-4-8-12-17/h3-12H,2,13-15H2,1H3. The average molecular weight is 351 g/mol. The van der Waals surface area contributed by atoms with Gasteiger partial charge in [-0.15, -0.1) is 0 Å². The average Bonchev–Trinajstić information content (AvgIpc) is 2.95. The number of benzene rings is 2. The molecular weight excluding hydrogens is 330 g/mol. The minimum Gasteiger partial charge on any atom is -0.337 e. The van der Waals surface area contributed by atoms with Crippen LogP contribution in [-0.4, -0.2) is 47.3 Å². The van der Waals surface area contributed by atoms with Crippen molar-refractivity contribution in [2.24, 2.45) is 0 Å². The van der Waals surface area contributed by atoms with Gasteiger partial charge in [0.25, 0.3) is 5.91 Å². The SMILES string of the molecule is CCN(Cc1ccccc1)C(=O)CN1C(=O)CN(c2ccccc2)C1=O. The number of nitrogens with zero attached hydrogens (tertiary/aromatic N) is 3. The molecule has 0 spiro atoms. The Labute approximate surface area is 152 Å². The molecule has 0 aromatic heterocycles. The van der Waals surface area contributed by atoms with Crippen LogP contribution in [0.15, 0.2) is 60.7 Å². The molecule has 6 heteroatoms. The number of carbonyl (C=O) groups is 3. The molecule has 0 atom stereocenters. The highest BCUT2D eigenvalue weighted by atomic mass is 16.2. The highest BCUT2D eigenvalue weighted by molar-refractivity contribution is 6.13. The van der Waals surface area contributed by atoms with E-state index >= 15 is 0 Å². The predicted molar refractivity (Wildman–Crippen MR) is 98.4 cm³/mol. The number of para-hydroxylation sites is 1. The van der Waals surface area contributed by atoms with Crippen molar-refractivity contribution in [3.63, 3.8) is 0 Å². The highest BCUT2D eigenvalue weighted by Crippen LogP contribution is 2.20. The lowest BCUT2D eigenvalue weighted by molar-refractivity contribution is -0.136. The van der Waals surface area contributed by atoms with E-state index in [-0.39, 0.29) is 24.9 Å². The molecule has 0 bridgehead atoms. The summed E-state index contributed by atoms with van der Waals surface area (Å²) in [5, 5.41) is 0. The van der Waals surface area contributed by atoms with Gasteiger partial charge in [-0.3, -0.25) is 19.4 Å². The number of carbonyl (C=O) groups excluding carboxylic acids is 3. The number of amides is 4. The zero-order chi connectivity index (χ0) is 18.5. The van der Waals surface area contributed by atoms with Crippen molar-refractivity contribution in [3.8, 4) is 0 Å². The lowest BCUT2D eigenvalue weighted by atomic mass is 10.2. The Hall–Kier alpha value is -3.15. The third kappa shape index (κ3) is 3.74. The van der Waals surface area contributed by atoms with Gasteiger partial charge in [-0.05, 0) is 24.6 Å². The molecule has 4 amide bonds. The fourth-order valence-corrected chi connectivity index (χ4v) is 2.92. The lowest BCUT2D eigenvalue weighted by Crippen LogP contribution is -2.43. The van der Waals surface area contributed by atoms with Crippen molar-refractivity contribution in [1.82, 2.24) is 9.80 Å². The fourth-order valence-electron chi connectivity index (χ4n) is 2.92. The first-order valence-corrected chi connectivity index (χ1v) is 8.58. The predicted octanol–water partition coefficient (Wildman–Crippen LogP) is 2.50. The van der Waals surface area contributed by atoms with Crippen LogP contribution < -0.4 is 4.90 Å². The maximum atomic E-state index is 12.6. The van der Waals surface area contributed by atoms with Gasteiger partial charge in [0, 0.05) is 18.8 Å². The van der Waals surface area contributed by atoms with Crippen LogP contribution in [0.3, 0.4) is 0 Å². The Kier molecular flexibility index (Phi) is 5.31. The van der Waals surface area contributed by atoms with Crippen molar-refractivity contribution in [1.29, 1.82) is 0 Å². The summed E-state index contributed by atoms with van der Waals surface area (Å²) in [6.07, 6.45) is 0. The minimum absolute atomic E-state index is 0.0407. The number of hydrogen-bond acceptors (Lipinski definition) is 3. The van der Waals surface area contributed by atoms with Crippen LogP contribution in [0.4, 0.5) is 10.5 Å². The van der Waals surface area contributed by atoms with Gasteiger partial charge in [0.15, 0.2) is 0 Å². The summed E-state index contributed by atoms with van der Waals surface area (Å²) in [6, 6.07) is 18.2. The van der Waals surface area contributed by atoms with Gasteiger partial charge in [0.1, 0.15) is 13.1 Å². The summed E-state index contributed by atoms with van der Waals surface area (Å²) < 4.78 is 0. The van der Waals surface area contributed by atoms with Gasteiger partial charge in [-0.25, -0.2) is 4.79 Å². The molecule has 1 saturated heterocycles. The molecule has 134 valence electrons. The van der Waals surface area contributed by atoms with Gasteiger partial charge in [0.05, 0.1) is 0 Å². The van der Waals surface area contributed by atoms with Crippen LogP contribution in [-0.2, 0) is 16.1 Å². The molecule has 3 rings (SSSR count). The van der Waals surface area contributed by atoms with E-state index in [4.69, 9.17) is 0 Å². The van der Waals surface area contributed by atoms with Crippen LogP contribution in [0.25, 0.3) is 0 Å². The van der Waals surface area contributed by atoms with E-state index in [2.05, 4.69) is 0 Å². The number of likely N-dealkylation sites (N-methyl/N-ethyl adjacent to an activating group) is 1. The molecule has 2 aromatic carbocycles. The molecule has 1 heterocycles. The van der Waals surface area contributed by atoms with Crippen LogP contribution in [0.5, 0.6) is 0 Å². The molecule has 0 saturated carbocycles. The summed E-state index contributed by atoms with van der Waals surface area (Å²) in [6.45, 7) is 2.56. The quantitative estimate of drug-likeness (QED) is 0.751. The minimum atomic E-state index is -0.453. The van der Waals surface area contributed by atoms with Crippen molar-refractivity contribution >= 4 is 23.5 Å². The molecule has 6 nitrogen and oxygen atoms in total. The molecule has 2 aromatic rings. The largest absolute Gasteiger partial charge is 0.337 e. The first kappa shape index (κ1) is 17.7. The second kappa shape index (κ2) is 7.82. The Bertz CT molecular complexity index is 792. The summed E-state index contributed by atoms with van der Waals surface area (Å²) >= 11 is 0. The van der Waals surface area contributed by atoms with Crippen LogP contribution in [0, 0.1) is 0 Å². The summed E-state index contributed by atoms with van der Waals surface area (Å²) in [5.74, 6) is -0.601. The molecule has 0 radical (unpaired) electrons. The van der Waals surface area contributed by atoms with E-state index in [0.29, 0.717) is 18.8 Å². The highest BCUT2D eigenvalue weighted by Gasteiger charge is 2.38. The van der Waals surface area contributed by atoms with Crippen LogP contribution in [0.1, 0.15) is 12.5 Å². The van der Waals surface area contributed by atoms with Gasteiger partial charge >= 0.3 is 6.03 Å². The van der Waals surface area contributed by atoms with Gasteiger partial charge < -0.3 is 4.90 Å². The van der Waals surface area contributed by atoms with E-state index in [0.717, 1.165) is 10.5 Å². The Morgan fingerprint density at radius 2 is 1.62 bits per heavy atom. The topological polar surface area (TPSA) is 60.9 Å². The Morgan fingerprint density at radius 1 is 1.00 bits per heavy atom. The van der Waals surface area contributed by atoms with Crippen molar-refractivity contribution in [2.75, 3.05) is 24.5 Å². The lowest BCUT2D eigenvalue weighted by Gasteiger charge is -2.23. The van der Waals surface area contributed by atoms with Gasteiger partial charge in [-0.1, -0.05) is 48.5 Å². The first-order chi connectivity index (χ1) is 12.6. The smallest absolute Gasteiger partial charge is 0.332 e. The normalized spacial score (nSPS) is 14.0. The first-order valence-electron chi connectivity index (χ1n) is 8.58. The maximum absolute atomic E-state index is 12.6.